The molecule has 0 saturated heterocycles. The number of nitro groups is 1. The van der Waals surface area contributed by atoms with Gasteiger partial charge in [-0.1, -0.05) is 12.1 Å². The normalized spacial score (nSPS) is 10.2. The van der Waals surface area contributed by atoms with Crippen molar-refractivity contribution in [1.29, 1.82) is 0 Å². The minimum Gasteiger partial charge on any atom is -0.378 e. The van der Waals surface area contributed by atoms with Gasteiger partial charge < -0.3 is 10.2 Å². The lowest BCUT2D eigenvalue weighted by atomic mass is 10.1. The van der Waals surface area contributed by atoms with Crippen LogP contribution in [0, 0.1) is 10.1 Å². The summed E-state index contributed by atoms with van der Waals surface area (Å²) in [4.78, 5) is 24.1. The molecule has 2 aromatic rings. The Labute approximate surface area is 134 Å². The highest BCUT2D eigenvalue weighted by Crippen LogP contribution is 2.13. The number of hydrogen-bond donors (Lipinski definition) is 1. The lowest BCUT2D eigenvalue weighted by Gasteiger charge is -2.12. The van der Waals surface area contributed by atoms with Crippen molar-refractivity contribution in [3.8, 4) is 0 Å². The summed E-state index contributed by atoms with van der Waals surface area (Å²) in [5.74, 6) is -0.232. The van der Waals surface area contributed by atoms with Gasteiger partial charge in [-0.25, -0.2) is 0 Å². The van der Waals surface area contributed by atoms with Gasteiger partial charge in [0.2, 0.25) is 0 Å². The third kappa shape index (κ3) is 4.54. The number of carbonyl (C=O) groups excluding carboxylic acids is 1. The Hall–Kier alpha value is -2.89. The summed E-state index contributed by atoms with van der Waals surface area (Å²) >= 11 is 0. The molecule has 0 atom stereocenters. The molecule has 0 unspecified atom stereocenters. The number of carbonyl (C=O) groups is 1. The van der Waals surface area contributed by atoms with Crippen LogP contribution in [0.5, 0.6) is 0 Å². The van der Waals surface area contributed by atoms with Crippen LogP contribution in [0.4, 0.5) is 11.4 Å². The highest BCUT2D eigenvalue weighted by molar-refractivity contribution is 5.94. The third-order valence-electron chi connectivity index (χ3n) is 3.49. The number of anilines is 1. The average molecular weight is 313 g/mol. The predicted molar refractivity (Wildman–Crippen MR) is 89.9 cm³/mol. The van der Waals surface area contributed by atoms with Crippen LogP contribution >= 0.6 is 0 Å². The van der Waals surface area contributed by atoms with Crippen LogP contribution in [0.1, 0.15) is 15.9 Å². The zero-order valence-electron chi connectivity index (χ0n) is 13.2. The number of nitrogens with zero attached hydrogens (tertiary/aromatic N) is 2. The van der Waals surface area contributed by atoms with Gasteiger partial charge in [0.1, 0.15) is 0 Å². The van der Waals surface area contributed by atoms with Crippen molar-refractivity contribution in [3.05, 3.63) is 69.8 Å². The summed E-state index contributed by atoms with van der Waals surface area (Å²) in [6.45, 7) is 0.511. The van der Waals surface area contributed by atoms with Gasteiger partial charge in [-0.2, -0.15) is 0 Å². The van der Waals surface area contributed by atoms with Crippen LogP contribution in [0.25, 0.3) is 0 Å². The van der Waals surface area contributed by atoms with Crippen molar-refractivity contribution < 1.29 is 9.72 Å². The van der Waals surface area contributed by atoms with Gasteiger partial charge >= 0.3 is 0 Å². The lowest BCUT2D eigenvalue weighted by Crippen LogP contribution is -2.25. The zero-order valence-corrected chi connectivity index (χ0v) is 13.2. The molecule has 2 aromatic carbocycles. The third-order valence-corrected chi connectivity index (χ3v) is 3.49. The lowest BCUT2D eigenvalue weighted by molar-refractivity contribution is -0.384. The van der Waals surface area contributed by atoms with E-state index in [4.69, 9.17) is 0 Å². The maximum Gasteiger partial charge on any atom is 0.269 e. The van der Waals surface area contributed by atoms with Gasteiger partial charge in [0.25, 0.3) is 11.6 Å². The number of non-ortho nitro benzene ring substituents is 1. The molecule has 1 amide bonds. The van der Waals surface area contributed by atoms with Gasteiger partial charge in [0, 0.05) is 44.0 Å². The molecule has 23 heavy (non-hydrogen) atoms. The van der Waals surface area contributed by atoms with Crippen molar-refractivity contribution >= 4 is 17.3 Å². The van der Waals surface area contributed by atoms with Crippen molar-refractivity contribution in [1.82, 2.24) is 5.32 Å². The maximum atomic E-state index is 12.0. The molecule has 0 aliphatic heterocycles. The van der Waals surface area contributed by atoms with Crippen LogP contribution in [0.15, 0.2) is 48.5 Å². The van der Waals surface area contributed by atoms with Gasteiger partial charge in [-0.15, -0.1) is 0 Å². The summed E-state index contributed by atoms with van der Waals surface area (Å²) in [6, 6.07) is 13.7. The zero-order chi connectivity index (χ0) is 16.8. The Morgan fingerprint density at radius 1 is 1.09 bits per heavy atom. The standard InChI is InChI=1S/C17H19N3O3/c1-19(2)15-7-3-13(4-8-15)11-12-18-17(21)14-5-9-16(10-6-14)20(22)23/h3-10H,11-12H2,1-2H3,(H,18,21). The second kappa shape index (κ2) is 7.40. The van der Waals surface area contributed by atoms with Crippen LogP contribution in [-0.2, 0) is 6.42 Å². The number of hydrogen-bond acceptors (Lipinski definition) is 4. The largest absolute Gasteiger partial charge is 0.378 e. The number of amides is 1. The fourth-order valence-corrected chi connectivity index (χ4v) is 2.12. The fourth-order valence-electron chi connectivity index (χ4n) is 2.12. The minimum atomic E-state index is -0.487. The van der Waals surface area contributed by atoms with Crippen molar-refractivity contribution in [2.75, 3.05) is 25.5 Å². The summed E-state index contributed by atoms with van der Waals surface area (Å²) < 4.78 is 0. The first kappa shape index (κ1) is 16.5. The number of rotatable bonds is 6. The highest BCUT2D eigenvalue weighted by Gasteiger charge is 2.08. The smallest absolute Gasteiger partial charge is 0.269 e. The van der Waals surface area contributed by atoms with Crippen LogP contribution < -0.4 is 10.2 Å². The topological polar surface area (TPSA) is 75.5 Å². The van der Waals surface area contributed by atoms with Gasteiger partial charge in [0.05, 0.1) is 4.92 Å². The Bertz CT molecular complexity index is 679. The number of benzene rings is 2. The molecule has 0 radical (unpaired) electrons. The van der Waals surface area contributed by atoms with Crippen LogP contribution in [-0.4, -0.2) is 31.5 Å². The van der Waals surface area contributed by atoms with Crippen molar-refractivity contribution in [3.63, 3.8) is 0 Å². The molecule has 120 valence electrons. The van der Waals surface area contributed by atoms with E-state index in [0.29, 0.717) is 12.1 Å². The summed E-state index contributed by atoms with van der Waals surface area (Å²) in [7, 11) is 3.97. The Morgan fingerprint density at radius 3 is 2.22 bits per heavy atom. The molecule has 2 rings (SSSR count). The maximum absolute atomic E-state index is 12.0. The summed E-state index contributed by atoms with van der Waals surface area (Å²) in [5.41, 5.74) is 2.66. The molecule has 0 aromatic heterocycles. The monoisotopic (exact) mass is 313 g/mol. The van der Waals surface area contributed by atoms with E-state index in [1.54, 1.807) is 0 Å². The molecule has 1 N–H and O–H groups in total. The second-order valence-electron chi connectivity index (χ2n) is 5.37. The summed E-state index contributed by atoms with van der Waals surface area (Å²) in [6.07, 6.45) is 0.729. The molecule has 0 aliphatic carbocycles. The van der Waals surface area contributed by atoms with Crippen molar-refractivity contribution in [2.45, 2.75) is 6.42 Å². The molecule has 0 spiro atoms. The highest BCUT2D eigenvalue weighted by atomic mass is 16.6. The van der Waals surface area contributed by atoms with E-state index >= 15 is 0 Å². The fraction of sp³-hybridized carbons (Fsp3) is 0.235. The van der Waals surface area contributed by atoms with Crippen molar-refractivity contribution in [2.24, 2.45) is 0 Å². The molecular formula is C17H19N3O3. The van der Waals surface area contributed by atoms with Gasteiger partial charge in [0.15, 0.2) is 0 Å². The predicted octanol–water partition coefficient (Wildman–Crippen LogP) is 2.63. The quantitative estimate of drug-likeness (QED) is 0.657. The van der Waals surface area contributed by atoms with Crippen LogP contribution in [0.2, 0.25) is 0 Å². The average Bonchev–Trinajstić information content (AvgIpc) is 2.55. The minimum absolute atomic E-state index is 0.0254. The molecule has 6 nitrogen and oxygen atoms in total. The number of nitrogens with one attached hydrogen (secondary N) is 1. The first-order valence-electron chi connectivity index (χ1n) is 7.26. The SMILES string of the molecule is CN(C)c1ccc(CCNC(=O)c2ccc([N+](=O)[O-])cc2)cc1. The first-order chi connectivity index (χ1) is 11.0. The van der Waals surface area contributed by atoms with E-state index in [2.05, 4.69) is 5.32 Å². The van der Waals surface area contributed by atoms with E-state index in [0.717, 1.165) is 17.7 Å². The van der Waals surface area contributed by atoms with E-state index in [9.17, 15) is 14.9 Å². The van der Waals surface area contributed by atoms with E-state index < -0.39 is 4.92 Å². The van der Waals surface area contributed by atoms with Gasteiger partial charge in [-0.05, 0) is 36.2 Å². The Morgan fingerprint density at radius 2 is 1.70 bits per heavy atom. The first-order valence-corrected chi connectivity index (χ1v) is 7.26. The molecule has 6 heteroatoms. The molecule has 0 saturated carbocycles. The van der Waals surface area contributed by atoms with E-state index in [1.807, 2.05) is 43.3 Å². The van der Waals surface area contributed by atoms with E-state index in [1.165, 1.54) is 24.3 Å². The molecule has 0 heterocycles. The van der Waals surface area contributed by atoms with E-state index in [-0.39, 0.29) is 11.6 Å². The molecular weight excluding hydrogens is 294 g/mol. The number of nitro benzene ring substituents is 1. The van der Waals surface area contributed by atoms with Crippen LogP contribution in [0.3, 0.4) is 0 Å². The molecule has 0 bridgehead atoms. The second-order valence-corrected chi connectivity index (χ2v) is 5.37. The molecule has 0 fully saturated rings. The summed E-state index contributed by atoms with van der Waals surface area (Å²) in [5, 5.41) is 13.4. The Balaban J connectivity index is 1.85. The Kier molecular flexibility index (Phi) is 5.30. The van der Waals surface area contributed by atoms with Gasteiger partial charge in [-0.3, -0.25) is 14.9 Å². The molecule has 0 aliphatic rings.